The summed E-state index contributed by atoms with van der Waals surface area (Å²) in [7, 11) is 0. The van der Waals surface area contributed by atoms with E-state index in [4.69, 9.17) is 31.2 Å². The highest BCUT2D eigenvalue weighted by atomic mass is 35.5. The molecule has 0 unspecified atom stereocenters. The predicted octanol–water partition coefficient (Wildman–Crippen LogP) is 6.16. The zero-order valence-corrected chi connectivity index (χ0v) is 28.9. The van der Waals surface area contributed by atoms with Crippen LogP contribution in [0.2, 0.25) is 5.02 Å². The number of nitriles is 1. The molecule has 5 rings (SSSR count). The number of alkyl halides is 3. The fraction of sp³-hybridized carbons (Fsp3) is 0.400. The Bertz CT molecular complexity index is 1870. The van der Waals surface area contributed by atoms with Gasteiger partial charge in [-0.1, -0.05) is 23.7 Å². The zero-order valence-electron chi connectivity index (χ0n) is 28.2. The molecule has 15 heteroatoms. The van der Waals surface area contributed by atoms with Crippen LogP contribution in [0.15, 0.2) is 61.1 Å². The van der Waals surface area contributed by atoms with Crippen molar-refractivity contribution in [1.29, 1.82) is 5.26 Å². The number of rotatable bonds is 8. The van der Waals surface area contributed by atoms with E-state index >= 15 is 0 Å². The lowest BCUT2D eigenvalue weighted by Crippen LogP contribution is -2.57. The number of aliphatic carboxylic acids is 1. The number of aromatic nitrogens is 3. The maximum atomic E-state index is 13.4. The van der Waals surface area contributed by atoms with E-state index in [9.17, 15) is 28.3 Å². The van der Waals surface area contributed by atoms with E-state index in [2.05, 4.69) is 28.3 Å². The van der Waals surface area contributed by atoms with Gasteiger partial charge in [-0.25, -0.2) is 14.3 Å². The van der Waals surface area contributed by atoms with Crippen LogP contribution >= 0.6 is 11.6 Å². The minimum Gasteiger partial charge on any atom is -0.489 e. The van der Waals surface area contributed by atoms with Crippen LogP contribution in [0.5, 0.6) is 5.75 Å². The number of carboxylic acid groups (broad SMARTS) is 1. The molecule has 11 nitrogen and oxygen atoms in total. The summed E-state index contributed by atoms with van der Waals surface area (Å²) in [4.78, 5) is 29.3. The highest BCUT2D eigenvalue weighted by molar-refractivity contribution is 6.30. The molecule has 3 aromatic heterocycles. The van der Waals surface area contributed by atoms with Crippen LogP contribution in [0.1, 0.15) is 58.6 Å². The quantitative estimate of drug-likeness (QED) is 0.195. The molecule has 0 bridgehead atoms. The third-order valence-corrected chi connectivity index (χ3v) is 8.59. The van der Waals surface area contributed by atoms with Crippen molar-refractivity contribution in [2.75, 3.05) is 24.6 Å². The molecule has 266 valence electrons. The Morgan fingerprint density at radius 2 is 1.70 bits per heavy atom. The first-order valence-corrected chi connectivity index (χ1v) is 16.0. The number of pyridine rings is 2. The van der Waals surface area contributed by atoms with Gasteiger partial charge in [0.1, 0.15) is 24.2 Å². The first kappa shape index (κ1) is 37.9. The molecule has 3 N–H and O–H groups in total. The van der Waals surface area contributed by atoms with Gasteiger partial charge in [0.05, 0.1) is 34.5 Å². The SMILES string of the molecule is CC(C)(O)COc1cc(-c2ccc(N3CCC(C)(NC(=O)C(C)(C)c4ccc(Cl)cc4)CC3)nc2)c2c(C#N)cnn2c1.O=C(O)C(F)(F)F. The average molecular weight is 715 g/mol. The monoisotopic (exact) mass is 714 g/mol. The topological polar surface area (TPSA) is 153 Å². The molecular formula is C35H38ClF3N6O5. The first-order valence-electron chi connectivity index (χ1n) is 15.6. The molecule has 0 saturated carbocycles. The first-order chi connectivity index (χ1) is 23.2. The molecule has 1 saturated heterocycles. The van der Waals surface area contributed by atoms with E-state index in [1.54, 1.807) is 30.8 Å². The van der Waals surface area contributed by atoms with Crippen molar-refractivity contribution in [3.63, 3.8) is 0 Å². The van der Waals surface area contributed by atoms with Gasteiger partial charge in [0.15, 0.2) is 0 Å². The third-order valence-electron chi connectivity index (χ3n) is 8.34. The van der Waals surface area contributed by atoms with Gasteiger partial charge < -0.3 is 25.2 Å². The lowest BCUT2D eigenvalue weighted by Gasteiger charge is -2.42. The van der Waals surface area contributed by atoms with E-state index in [0.29, 0.717) is 21.9 Å². The molecular weight excluding hydrogens is 677 g/mol. The molecule has 0 atom stereocenters. The number of ether oxygens (including phenoxy) is 1. The summed E-state index contributed by atoms with van der Waals surface area (Å²) in [6, 6.07) is 15.5. The Morgan fingerprint density at radius 3 is 2.22 bits per heavy atom. The summed E-state index contributed by atoms with van der Waals surface area (Å²) in [5.74, 6) is -1.39. The summed E-state index contributed by atoms with van der Waals surface area (Å²) in [6.45, 7) is 10.9. The number of carbonyl (C=O) groups excluding carboxylic acids is 1. The number of carboxylic acids is 1. The van der Waals surface area contributed by atoms with Crippen LogP contribution in [0.3, 0.4) is 0 Å². The summed E-state index contributed by atoms with van der Waals surface area (Å²) >= 11 is 6.05. The second-order valence-corrected chi connectivity index (χ2v) is 13.9. The summed E-state index contributed by atoms with van der Waals surface area (Å²) < 4.78 is 39.2. The van der Waals surface area contributed by atoms with E-state index < -0.39 is 23.2 Å². The molecule has 0 aliphatic carbocycles. The Hall–Kier alpha value is -4.87. The molecule has 0 radical (unpaired) electrons. The number of nitrogens with one attached hydrogen (secondary N) is 1. The maximum absolute atomic E-state index is 13.4. The van der Waals surface area contributed by atoms with E-state index in [0.717, 1.165) is 48.4 Å². The van der Waals surface area contributed by atoms with Crippen molar-refractivity contribution >= 4 is 34.8 Å². The largest absolute Gasteiger partial charge is 0.490 e. The smallest absolute Gasteiger partial charge is 0.489 e. The van der Waals surface area contributed by atoms with Gasteiger partial charge in [0, 0.05) is 41.0 Å². The molecule has 4 aromatic rings. The number of carbonyl (C=O) groups is 2. The number of amides is 1. The second kappa shape index (κ2) is 14.5. The highest BCUT2D eigenvalue weighted by Crippen LogP contribution is 2.33. The molecule has 1 aromatic carbocycles. The zero-order chi connectivity index (χ0) is 37.1. The van der Waals surface area contributed by atoms with Crippen LogP contribution in [0.4, 0.5) is 19.0 Å². The number of halogens is 4. The predicted molar refractivity (Wildman–Crippen MR) is 181 cm³/mol. The van der Waals surface area contributed by atoms with E-state index in [-0.39, 0.29) is 18.1 Å². The lowest BCUT2D eigenvalue weighted by atomic mass is 9.81. The van der Waals surface area contributed by atoms with Crippen LogP contribution in [0.25, 0.3) is 16.6 Å². The molecule has 1 fully saturated rings. The van der Waals surface area contributed by atoms with Gasteiger partial charge in [-0.05, 0) is 83.4 Å². The standard InChI is InChI=1S/C33H37ClN6O3.C2HF3O2/c1-31(2,42)21-43-26-16-27(29-23(17-35)19-37-40(29)20-26)22-6-11-28(36-18-22)39-14-12-33(5,13-15-39)38-30(41)32(3,4)24-7-9-25(34)10-8-24;3-2(4,5)1(6)7/h6-11,16,18-20,42H,12-15,21H2,1-5H3,(H,38,41);(H,6,7). The number of hydrogen-bond donors (Lipinski definition) is 3. The number of hydrogen-bond acceptors (Lipinski definition) is 8. The van der Waals surface area contributed by atoms with Crippen molar-refractivity contribution in [3.05, 3.63) is 77.2 Å². The van der Waals surface area contributed by atoms with Gasteiger partial charge in [-0.3, -0.25) is 4.79 Å². The molecule has 1 aliphatic heterocycles. The molecule has 4 heterocycles. The molecule has 1 amide bonds. The highest BCUT2D eigenvalue weighted by Gasteiger charge is 2.39. The van der Waals surface area contributed by atoms with Gasteiger partial charge >= 0.3 is 12.1 Å². The summed E-state index contributed by atoms with van der Waals surface area (Å²) in [6.07, 6.45) is 1.50. The van der Waals surface area contributed by atoms with Crippen molar-refractivity contribution < 1.29 is 37.7 Å². The number of anilines is 1. The Morgan fingerprint density at radius 1 is 1.08 bits per heavy atom. The second-order valence-electron chi connectivity index (χ2n) is 13.5. The Kier molecular flexibility index (Phi) is 11.0. The number of nitrogens with zero attached hydrogens (tertiary/aromatic N) is 5. The van der Waals surface area contributed by atoms with Crippen molar-refractivity contribution in [2.24, 2.45) is 0 Å². The fourth-order valence-corrected chi connectivity index (χ4v) is 5.38. The minimum atomic E-state index is -5.08. The van der Waals surface area contributed by atoms with E-state index in [1.165, 1.54) is 6.20 Å². The third kappa shape index (κ3) is 9.22. The van der Waals surface area contributed by atoms with Gasteiger partial charge in [-0.2, -0.15) is 23.5 Å². The average Bonchev–Trinajstić information content (AvgIpc) is 3.47. The van der Waals surface area contributed by atoms with E-state index in [1.807, 2.05) is 56.3 Å². The van der Waals surface area contributed by atoms with Crippen LogP contribution in [0, 0.1) is 11.3 Å². The maximum Gasteiger partial charge on any atom is 0.490 e. The van der Waals surface area contributed by atoms with Crippen molar-refractivity contribution in [3.8, 4) is 22.9 Å². The Balaban J connectivity index is 0.000000727. The van der Waals surface area contributed by atoms with Crippen LogP contribution in [-0.2, 0) is 15.0 Å². The number of benzene rings is 1. The van der Waals surface area contributed by atoms with Crippen molar-refractivity contribution in [2.45, 2.75) is 70.2 Å². The fourth-order valence-electron chi connectivity index (χ4n) is 5.25. The normalized spacial score (nSPS) is 14.7. The lowest BCUT2D eigenvalue weighted by molar-refractivity contribution is -0.192. The number of fused-ring (bicyclic) bond motifs is 1. The van der Waals surface area contributed by atoms with Crippen molar-refractivity contribution in [1.82, 2.24) is 19.9 Å². The molecule has 0 spiro atoms. The Labute approximate surface area is 292 Å². The summed E-state index contributed by atoms with van der Waals surface area (Å²) in [5.41, 5.74) is 1.59. The van der Waals surface area contributed by atoms with Gasteiger partial charge in [-0.15, -0.1) is 0 Å². The van der Waals surface area contributed by atoms with Crippen LogP contribution in [-0.4, -0.2) is 73.7 Å². The van der Waals surface area contributed by atoms with Gasteiger partial charge in [0.25, 0.3) is 0 Å². The number of piperidine rings is 1. The minimum absolute atomic E-state index is 0.00932. The van der Waals surface area contributed by atoms with Crippen LogP contribution < -0.4 is 15.0 Å². The van der Waals surface area contributed by atoms with Gasteiger partial charge in [0.2, 0.25) is 5.91 Å². The number of aliphatic hydroxyl groups is 1. The molecule has 50 heavy (non-hydrogen) atoms. The molecule has 1 aliphatic rings. The summed E-state index contributed by atoms with van der Waals surface area (Å²) in [5, 5.41) is 35.2.